The highest BCUT2D eigenvalue weighted by atomic mass is 32.2. The lowest BCUT2D eigenvalue weighted by molar-refractivity contribution is 0.574. The largest absolute Gasteiger partial charge is 0.377 e. The van der Waals surface area contributed by atoms with Crippen molar-refractivity contribution in [2.75, 3.05) is 16.8 Å². The third-order valence-corrected chi connectivity index (χ3v) is 5.73. The standard InChI is InChI=1S/C15H15N3O2S/c1-15(6-7-21(19,20)10-15)18-14-11(8-16)9-17-13-5-3-2-4-12(13)14/h2-5,9H,6-7,10H2,1H3,(H,17,18). The number of hydrogen-bond donors (Lipinski definition) is 1. The molecule has 1 N–H and O–H groups in total. The van der Waals surface area contributed by atoms with Crippen LogP contribution < -0.4 is 5.32 Å². The summed E-state index contributed by atoms with van der Waals surface area (Å²) in [6.07, 6.45) is 2.06. The van der Waals surface area contributed by atoms with Gasteiger partial charge in [-0.2, -0.15) is 5.26 Å². The molecule has 1 aliphatic rings. The Balaban J connectivity index is 2.10. The molecule has 5 nitrogen and oxygen atoms in total. The first-order valence-electron chi connectivity index (χ1n) is 6.69. The second kappa shape index (κ2) is 4.71. The maximum atomic E-state index is 11.7. The van der Waals surface area contributed by atoms with Crippen LogP contribution in [0.2, 0.25) is 0 Å². The average Bonchev–Trinajstić information content (AvgIpc) is 2.73. The van der Waals surface area contributed by atoms with Gasteiger partial charge in [-0.15, -0.1) is 0 Å². The predicted molar refractivity (Wildman–Crippen MR) is 81.8 cm³/mol. The molecular weight excluding hydrogens is 286 g/mol. The molecule has 3 rings (SSSR count). The number of anilines is 1. The van der Waals surface area contributed by atoms with E-state index in [2.05, 4.69) is 16.4 Å². The normalized spacial score (nSPS) is 23.8. The van der Waals surface area contributed by atoms with Crippen molar-refractivity contribution in [3.63, 3.8) is 0 Å². The van der Waals surface area contributed by atoms with Crippen LogP contribution in [0.15, 0.2) is 30.5 Å². The molecule has 1 saturated heterocycles. The van der Waals surface area contributed by atoms with Gasteiger partial charge in [-0.1, -0.05) is 18.2 Å². The number of para-hydroxylation sites is 1. The summed E-state index contributed by atoms with van der Waals surface area (Å²) in [4.78, 5) is 4.26. The molecule has 1 atom stereocenters. The fourth-order valence-electron chi connectivity index (χ4n) is 2.77. The number of nitrogens with zero attached hydrogens (tertiary/aromatic N) is 2. The van der Waals surface area contributed by atoms with Gasteiger partial charge in [-0.05, 0) is 19.4 Å². The number of sulfone groups is 1. The molecule has 2 heterocycles. The summed E-state index contributed by atoms with van der Waals surface area (Å²) in [5.41, 5.74) is 1.33. The van der Waals surface area contributed by atoms with Crippen LogP contribution in [-0.4, -0.2) is 30.4 Å². The molecule has 1 unspecified atom stereocenters. The van der Waals surface area contributed by atoms with Crippen LogP contribution in [0, 0.1) is 11.3 Å². The molecular formula is C15H15N3O2S. The number of rotatable bonds is 2. The lowest BCUT2D eigenvalue weighted by Gasteiger charge is -2.26. The molecule has 1 aromatic carbocycles. The molecule has 0 aliphatic carbocycles. The number of pyridine rings is 1. The molecule has 1 aromatic heterocycles. The van der Waals surface area contributed by atoms with E-state index in [9.17, 15) is 13.7 Å². The van der Waals surface area contributed by atoms with Gasteiger partial charge in [0.2, 0.25) is 0 Å². The summed E-state index contributed by atoms with van der Waals surface area (Å²) < 4.78 is 23.5. The minimum atomic E-state index is -3.01. The first-order chi connectivity index (χ1) is 9.92. The summed E-state index contributed by atoms with van der Waals surface area (Å²) in [7, 11) is -3.01. The molecule has 0 spiro atoms. The molecule has 1 aliphatic heterocycles. The van der Waals surface area contributed by atoms with E-state index in [-0.39, 0.29) is 11.5 Å². The van der Waals surface area contributed by atoms with Gasteiger partial charge in [0.25, 0.3) is 0 Å². The molecule has 0 radical (unpaired) electrons. The van der Waals surface area contributed by atoms with Crippen LogP contribution in [0.5, 0.6) is 0 Å². The first kappa shape index (κ1) is 13.8. The fraction of sp³-hybridized carbons (Fsp3) is 0.333. The Morgan fingerprint density at radius 2 is 2.14 bits per heavy atom. The first-order valence-corrected chi connectivity index (χ1v) is 8.51. The van der Waals surface area contributed by atoms with E-state index in [4.69, 9.17) is 0 Å². The monoisotopic (exact) mass is 301 g/mol. The summed E-state index contributed by atoms with van der Waals surface area (Å²) in [6, 6.07) is 9.64. The Morgan fingerprint density at radius 3 is 2.81 bits per heavy atom. The van der Waals surface area contributed by atoms with E-state index in [1.165, 1.54) is 6.20 Å². The maximum absolute atomic E-state index is 11.7. The zero-order chi connectivity index (χ0) is 15.1. The van der Waals surface area contributed by atoms with Crippen molar-refractivity contribution in [1.29, 1.82) is 5.26 Å². The predicted octanol–water partition coefficient (Wildman–Crippen LogP) is 2.10. The lowest BCUT2D eigenvalue weighted by atomic mass is 9.99. The Morgan fingerprint density at radius 1 is 1.38 bits per heavy atom. The van der Waals surface area contributed by atoms with Gasteiger partial charge in [-0.25, -0.2) is 8.42 Å². The van der Waals surface area contributed by atoms with Gasteiger partial charge in [-0.3, -0.25) is 4.98 Å². The second-order valence-electron chi connectivity index (χ2n) is 5.70. The molecule has 0 bridgehead atoms. The molecule has 21 heavy (non-hydrogen) atoms. The van der Waals surface area contributed by atoms with Crippen molar-refractivity contribution in [1.82, 2.24) is 4.98 Å². The van der Waals surface area contributed by atoms with Gasteiger partial charge in [0.05, 0.1) is 28.3 Å². The van der Waals surface area contributed by atoms with Crippen molar-refractivity contribution in [2.24, 2.45) is 0 Å². The number of fused-ring (bicyclic) bond motifs is 1. The summed E-state index contributed by atoms with van der Waals surface area (Å²) in [6.45, 7) is 1.88. The Labute approximate surface area is 123 Å². The number of nitriles is 1. The molecule has 1 fully saturated rings. The van der Waals surface area contributed by atoms with Gasteiger partial charge in [0, 0.05) is 17.1 Å². The van der Waals surface area contributed by atoms with Crippen LogP contribution >= 0.6 is 0 Å². The van der Waals surface area contributed by atoms with E-state index in [1.54, 1.807) is 0 Å². The summed E-state index contributed by atoms with van der Waals surface area (Å²) in [5.74, 6) is 0.267. The van der Waals surface area contributed by atoms with Crippen molar-refractivity contribution < 1.29 is 8.42 Å². The Bertz CT molecular complexity index is 855. The SMILES string of the molecule is CC1(Nc2c(C#N)cnc3ccccc23)CCS(=O)(=O)C1. The van der Waals surface area contributed by atoms with Crippen LogP contribution in [0.3, 0.4) is 0 Å². The topological polar surface area (TPSA) is 82.8 Å². The van der Waals surface area contributed by atoms with Crippen LogP contribution in [-0.2, 0) is 9.84 Å². The Hall–Kier alpha value is -2.13. The third kappa shape index (κ3) is 2.57. The molecule has 0 saturated carbocycles. The number of nitrogens with one attached hydrogen (secondary N) is 1. The van der Waals surface area contributed by atoms with Crippen LogP contribution in [0.1, 0.15) is 18.9 Å². The summed E-state index contributed by atoms with van der Waals surface area (Å²) >= 11 is 0. The van der Waals surface area contributed by atoms with E-state index < -0.39 is 15.4 Å². The number of benzene rings is 1. The van der Waals surface area contributed by atoms with Crippen molar-refractivity contribution >= 4 is 26.4 Å². The van der Waals surface area contributed by atoms with Crippen molar-refractivity contribution in [2.45, 2.75) is 18.9 Å². The lowest BCUT2D eigenvalue weighted by Crippen LogP contribution is -2.36. The minimum absolute atomic E-state index is 0.0848. The van der Waals surface area contributed by atoms with Crippen LogP contribution in [0.25, 0.3) is 10.9 Å². The second-order valence-corrected chi connectivity index (χ2v) is 7.89. The van der Waals surface area contributed by atoms with Gasteiger partial charge < -0.3 is 5.32 Å². The van der Waals surface area contributed by atoms with E-state index in [0.717, 1.165) is 10.9 Å². The van der Waals surface area contributed by atoms with Crippen molar-refractivity contribution in [3.8, 4) is 6.07 Å². The highest BCUT2D eigenvalue weighted by Gasteiger charge is 2.38. The smallest absolute Gasteiger partial charge is 0.152 e. The average molecular weight is 301 g/mol. The van der Waals surface area contributed by atoms with E-state index in [1.807, 2.05) is 31.2 Å². The highest BCUT2D eigenvalue weighted by Crippen LogP contribution is 2.32. The summed E-state index contributed by atoms with van der Waals surface area (Å²) in [5, 5.41) is 13.4. The fourth-order valence-corrected chi connectivity index (χ4v) is 4.86. The van der Waals surface area contributed by atoms with Gasteiger partial charge >= 0.3 is 0 Å². The van der Waals surface area contributed by atoms with Crippen molar-refractivity contribution in [3.05, 3.63) is 36.0 Å². The third-order valence-electron chi connectivity index (χ3n) is 3.83. The van der Waals surface area contributed by atoms with E-state index in [0.29, 0.717) is 17.7 Å². The van der Waals surface area contributed by atoms with Crippen LogP contribution in [0.4, 0.5) is 5.69 Å². The minimum Gasteiger partial charge on any atom is -0.377 e. The molecule has 108 valence electrons. The van der Waals surface area contributed by atoms with E-state index >= 15 is 0 Å². The number of aromatic nitrogens is 1. The Kier molecular flexibility index (Phi) is 3.10. The zero-order valence-corrected chi connectivity index (χ0v) is 12.4. The molecule has 2 aromatic rings. The highest BCUT2D eigenvalue weighted by molar-refractivity contribution is 7.91. The molecule has 0 amide bonds. The van der Waals surface area contributed by atoms with Gasteiger partial charge in [0.15, 0.2) is 9.84 Å². The molecule has 6 heteroatoms. The zero-order valence-electron chi connectivity index (χ0n) is 11.6. The van der Waals surface area contributed by atoms with Gasteiger partial charge in [0.1, 0.15) is 6.07 Å². The number of hydrogen-bond acceptors (Lipinski definition) is 5. The quantitative estimate of drug-likeness (QED) is 0.918. The maximum Gasteiger partial charge on any atom is 0.152 e.